The molecule has 2 aromatic carbocycles. The third-order valence-corrected chi connectivity index (χ3v) is 5.18. The topological polar surface area (TPSA) is 50.6 Å². The molecule has 0 aliphatic carbocycles. The Morgan fingerprint density at radius 1 is 1.00 bits per heavy atom. The zero-order valence-corrected chi connectivity index (χ0v) is 15.8. The normalized spacial score (nSPS) is 15.7. The van der Waals surface area contributed by atoms with Crippen LogP contribution >= 0.6 is 0 Å². The Bertz CT molecular complexity index is 948. The molecule has 1 aliphatic rings. The summed E-state index contributed by atoms with van der Waals surface area (Å²) in [7, 11) is 3.57. The molecule has 0 radical (unpaired) electrons. The number of imidazole rings is 1. The number of nitrogens with zero attached hydrogens (tertiary/aromatic N) is 4. The molecule has 0 saturated carbocycles. The number of methoxy groups -OCH3 is 1. The number of hydrogen-bond donors (Lipinski definition) is 0. The Hall–Kier alpha value is -2.86. The number of rotatable bonds is 3. The lowest BCUT2D eigenvalue weighted by Gasteiger charge is -2.23. The molecule has 0 bridgehead atoms. The van der Waals surface area contributed by atoms with E-state index in [0.717, 1.165) is 42.9 Å². The van der Waals surface area contributed by atoms with Crippen LogP contribution in [0.3, 0.4) is 0 Å². The number of carbonyl (C=O) groups is 1. The highest BCUT2D eigenvalue weighted by atomic mass is 16.5. The van der Waals surface area contributed by atoms with Gasteiger partial charge in [0.05, 0.1) is 23.7 Å². The SMILES string of the molecule is COC(=O)c1ccc2ncn(-c3ccc(N4CCCN(C)CC4)cc3)c2c1. The second-order valence-corrected chi connectivity index (χ2v) is 6.97. The number of ether oxygens (including phenoxy) is 1. The highest BCUT2D eigenvalue weighted by Crippen LogP contribution is 2.23. The van der Waals surface area contributed by atoms with Crippen molar-refractivity contribution in [1.29, 1.82) is 0 Å². The Morgan fingerprint density at radius 3 is 2.56 bits per heavy atom. The molecule has 4 rings (SSSR count). The van der Waals surface area contributed by atoms with Crippen LogP contribution in [0, 0.1) is 0 Å². The molecule has 27 heavy (non-hydrogen) atoms. The summed E-state index contributed by atoms with van der Waals surface area (Å²) in [5, 5.41) is 0. The van der Waals surface area contributed by atoms with Crippen LogP contribution in [0.1, 0.15) is 16.8 Å². The summed E-state index contributed by atoms with van der Waals surface area (Å²) in [6.07, 6.45) is 2.97. The Morgan fingerprint density at radius 2 is 1.78 bits per heavy atom. The average molecular weight is 364 g/mol. The standard InChI is InChI=1S/C21H24N4O2/c1-23-10-3-11-24(13-12-23)17-5-7-18(8-6-17)25-15-22-19-9-4-16(14-20(19)25)21(26)27-2/h4-9,14-15H,3,10-13H2,1-2H3. The van der Waals surface area contributed by atoms with E-state index in [0.29, 0.717) is 5.56 Å². The highest BCUT2D eigenvalue weighted by molar-refractivity contribution is 5.94. The van der Waals surface area contributed by atoms with Gasteiger partial charge < -0.3 is 14.5 Å². The first kappa shape index (κ1) is 17.5. The number of fused-ring (bicyclic) bond motifs is 1. The van der Waals surface area contributed by atoms with Crippen LogP contribution in [-0.2, 0) is 4.74 Å². The molecule has 0 atom stereocenters. The maximum absolute atomic E-state index is 11.8. The molecule has 1 aromatic heterocycles. The van der Waals surface area contributed by atoms with Gasteiger partial charge in [-0.2, -0.15) is 0 Å². The van der Waals surface area contributed by atoms with Gasteiger partial charge in [-0.15, -0.1) is 0 Å². The van der Waals surface area contributed by atoms with Crippen LogP contribution in [0.4, 0.5) is 5.69 Å². The smallest absolute Gasteiger partial charge is 0.337 e. The van der Waals surface area contributed by atoms with Crippen molar-refractivity contribution in [2.24, 2.45) is 0 Å². The quantitative estimate of drug-likeness (QED) is 0.669. The van der Waals surface area contributed by atoms with Crippen molar-refractivity contribution in [2.75, 3.05) is 45.2 Å². The van der Waals surface area contributed by atoms with Gasteiger partial charge >= 0.3 is 5.97 Å². The second-order valence-electron chi connectivity index (χ2n) is 6.97. The molecule has 0 unspecified atom stereocenters. The molecule has 1 fully saturated rings. The van der Waals surface area contributed by atoms with Crippen molar-refractivity contribution in [3.8, 4) is 5.69 Å². The minimum Gasteiger partial charge on any atom is -0.465 e. The van der Waals surface area contributed by atoms with Crippen molar-refractivity contribution in [2.45, 2.75) is 6.42 Å². The van der Waals surface area contributed by atoms with Gasteiger partial charge in [0.15, 0.2) is 0 Å². The lowest BCUT2D eigenvalue weighted by atomic mass is 10.2. The van der Waals surface area contributed by atoms with Crippen molar-refractivity contribution in [3.63, 3.8) is 0 Å². The van der Waals surface area contributed by atoms with Crippen molar-refractivity contribution >= 4 is 22.7 Å². The summed E-state index contributed by atoms with van der Waals surface area (Å²) >= 11 is 0. The molecule has 1 aliphatic heterocycles. The van der Waals surface area contributed by atoms with E-state index in [1.807, 2.05) is 16.7 Å². The van der Waals surface area contributed by atoms with Gasteiger partial charge in [-0.3, -0.25) is 4.57 Å². The number of hydrogen-bond acceptors (Lipinski definition) is 5. The van der Waals surface area contributed by atoms with E-state index in [1.54, 1.807) is 12.4 Å². The molecule has 0 N–H and O–H groups in total. The fourth-order valence-electron chi connectivity index (χ4n) is 3.59. The summed E-state index contributed by atoms with van der Waals surface area (Å²) < 4.78 is 6.83. The van der Waals surface area contributed by atoms with E-state index in [1.165, 1.54) is 19.2 Å². The third-order valence-electron chi connectivity index (χ3n) is 5.18. The van der Waals surface area contributed by atoms with Crippen LogP contribution in [0.2, 0.25) is 0 Å². The molecule has 2 heterocycles. The van der Waals surface area contributed by atoms with Gasteiger partial charge in [0.25, 0.3) is 0 Å². The first-order valence-electron chi connectivity index (χ1n) is 9.25. The Labute approximate surface area is 159 Å². The molecule has 1 saturated heterocycles. The Kier molecular flexibility index (Phi) is 4.81. The van der Waals surface area contributed by atoms with Crippen LogP contribution < -0.4 is 4.90 Å². The summed E-state index contributed by atoms with van der Waals surface area (Å²) in [5.41, 5.74) is 4.53. The van der Waals surface area contributed by atoms with Crippen molar-refractivity contribution in [1.82, 2.24) is 14.5 Å². The molecule has 3 aromatic rings. The predicted octanol–water partition coefficient (Wildman–Crippen LogP) is 2.95. The fraction of sp³-hybridized carbons (Fsp3) is 0.333. The van der Waals surface area contributed by atoms with E-state index < -0.39 is 0 Å². The number of esters is 1. The van der Waals surface area contributed by atoms with Gasteiger partial charge in [0, 0.05) is 31.0 Å². The third kappa shape index (κ3) is 3.53. The van der Waals surface area contributed by atoms with E-state index in [9.17, 15) is 4.79 Å². The van der Waals surface area contributed by atoms with E-state index >= 15 is 0 Å². The van der Waals surface area contributed by atoms with Crippen molar-refractivity contribution in [3.05, 3.63) is 54.4 Å². The molecule has 140 valence electrons. The number of aromatic nitrogens is 2. The molecular formula is C21H24N4O2. The summed E-state index contributed by atoms with van der Waals surface area (Å²) in [5.74, 6) is -0.342. The Balaban J connectivity index is 1.63. The van der Waals surface area contributed by atoms with Crippen LogP contribution in [-0.4, -0.2) is 60.8 Å². The number of carbonyl (C=O) groups excluding carboxylic acids is 1. The van der Waals surface area contributed by atoms with E-state index in [-0.39, 0.29) is 5.97 Å². The fourth-order valence-corrected chi connectivity index (χ4v) is 3.59. The maximum atomic E-state index is 11.8. The van der Waals surface area contributed by atoms with Gasteiger partial charge in [0.2, 0.25) is 0 Å². The van der Waals surface area contributed by atoms with Gasteiger partial charge in [-0.25, -0.2) is 9.78 Å². The minimum atomic E-state index is -0.342. The van der Waals surface area contributed by atoms with E-state index in [4.69, 9.17) is 4.74 Å². The monoisotopic (exact) mass is 364 g/mol. The summed E-state index contributed by atoms with van der Waals surface area (Å²) in [6, 6.07) is 14.0. The van der Waals surface area contributed by atoms with Gasteiger partial charge in [-0.05, 0) is 62.5 Å². The first-order valence-corrected chi connectivity index (χ1v) is 9.25. The second kappa shape index (κ2) is 7.40. The van der Waals surface area contributed by atoms with Gasteiger partial charge in [-0.1, -0.05) is 0 Å². The largest absolute Gasteiger partial charge is 0.465 e. The average Bonchev–Trinajstić information content (AvgIpc) is 3.01. The molecule has 6 heteroatoms. The highest BCUT2D eigenvalue weighted by Gasteiger charge is 2.14. The first-order chi connectivity index (χ1) is 13.2. The van der Waals surface area contributed by atoms with Gasteiger partial charge in [0.1, 0.15) is 6.33 Å². The molecule has 0 amide bonds. The zero-order valence-electron chi connectivity index (χ0n) is 15.8. The molecule has 6 nitrogen and oxygen atoms in total. The zero-order chi connectivity index (χ0) is 18.8. The maximum Gasteiger partial charge on any atom is 0.337 e. The molecular weight excluding hydrogens is 340 g/mol. The lowest BCUT2D eigenvalue weighted by molar-refractivity contribution is 0.0601. The van der Waals surface area contributed by atoms with E-state index in [2.05, 4.69) is 46.1 Å². The summed E-state index contributed by atoms with van der Waals surface area (Å²) in [6.45, 7) is 4.37. The molecule has 0 spiro atoms. The predicted molar refractivity (Wildman–Crippen MR) is 107 cm³/mol. The number of likely N-dealkylation sites (N-methyl/N-ethyl adjacent to an activating group) is 1. The van der Waals surface area contributed by atoms with Crippen LogP contribution in [0.25, 0.3) is 16.7 Å². The van der Waals surface area contributed by atoms with Crippen molar-refractivity contribution < 1.29 is 9.53 Å². The van der Waals surface area contributed by atoms with Crippen LogP contribution in [0.15, 0.2) is 48.8 Å². The van der Waals surface area contributed by atoms with Crippen LogP contribution in [0.5, 0.6) is 0 Å². The lowest BCUT2D eigenvalue weighted by Crippen LogP contribution is -2.28. The summed E-state index contributed by atoms with van der Waals surface area (Å²) in [4.78, 5) is 21.1. The number of anilines is 1. The number of benzene rings is 2. The minimum absolute atomic E-state index is 0.342.